The molecule has 1 fully saturated rings. The Morgan fingerprint density at radius 3 is 2.46 bits per heavy atom. The van der Waals surface area contributed by atoms with Crippen molar-refractivity contribution in [1.82, 2.24) is 15.2 Å². The second kappa shape index (κ2) is 9.69. The average Bonchev–Trinajstić information content (AvgIpc) is 3.18. The fraction of sp³-hybridized carbons (Fsp3) is 0.400. The number of likely N-dealkylation sites (tertiary alicyclic amines) is 1. The van der Waals surface area contributed by atoms with Crippen LogP contribution in [0.15, 0.2) is 48.8 Å². The highest BCUT2D eigenvalue weighted by atomic mass is 32.2. The molecule has 0 unspecified atom stereocenters. The fourth-order valence-electron chi connectivity index (χ4n) is 3.14. The van der Waals surface area contributed by atoms with Crippen molar-refractivity contribution < 1.29 is 9.18 Å². The molecule has 2 aromatic rings. The minimum absolute atomic E-state index is 0.0115. The van der Waals surface area contributed by atoms with Gasteiger partial charge in [0.2, 0.25) is 5.91 Å². The normalized spacial score (nSPS) is 15.7. The standard InChI is InChI=1S/C20H24FN3OS/c21-18-5-3-16(4-6-18)20(17-7-9-22-10-8-17)23-19(25)15-26-14-13-24-11-1-2-12-24/h3-10,20H,1-2,11-15H2,(H,23,25)/t20-/m0/s1. The van der Waals surface area contributed by atoms with E-state index in [1.807, 2.05) is 12.1 Å². The van der Waals surface area contributed by atoms with Crippen molar-refractivity contribution in [1.29, 1.82) is 0 Å². The first-order valence-electron chi connectivity index (χ1n) is 8.97. The quantitative estimate of drug-likeness (QED) is 0.722. The molecule has 1 N–H and O–H groups in total. The highest BCUT2D eigenvalue weighted by Gasteiger charge is 2.17. The number of nitrogens with one attached hydrogen (secondary N) is 1. The van der Waals surface area contributed by atoms with Crippen molar-refractivity contribution >= 4 is 17.7 Å². The predicted octanol–water partition coefficient (Wildman–Crippen LogP) is 3.26. The number of benzene rings is 1. The van der Waals surface area contributed by atoms with E-state index >= 15 is 0 Å². The molecule has 1 aromatic carbocycles. The molecule has 0 spiro atoms. The Kier molecular flexibility index (Phi) is 7.03. The summed E-state index contributed by atoms with van der Waals surface area (Å²) in [7, 11) is 0. The van der Waals surface area contributed by atoms with Gasteiger partial charge in [-0.2, -0.15) is 11.8 Å². The van der Waals surface area contributed by atoms with Gasteiger partial charge in [0.05, 0.1) is 11.8 Å². The number of rotatable bonds is 8. The Morgan fingerprint density at radius 1 is 1.12 bits per heavy atom. The lowest BCUT2D eigenvalue weighted by atomic mass is 9.99. The summed E-state index contributed by atoms with van der Waals surface area (Å²) < 4.78 is 13.2. The maximum atomic E-state index is 13.2. The molecule has 4 nitrogen and oxygen atoms in total. The summed E-state index contributed by atoms with van der Waals surface area (Å²) in [6.45, 7) is 3.41. The summed E-state index contributed by atoms with van der Waals surface area (Å²) in [5.41, 5.74) is 1.79. The molecule has 3 rings (SSSR count). The van der Waals surface area contributed by atoms with E-state index < -0.39 is 0 Å². The molecule has 0 saturated carbocycles. The molecule has 1 saturated heterocycles. The van der Waals surface area contributed by atoms with Gasteiger partial charge in [-0.25, -0.2) is 4.39 Å². The third-order valence-electron chi connectivity index (χ3n) is 4.53. The van der Waals surface area contributed by atoms with Crippen LogP contribution in [0.5, 0.6) is 0 Å². The van der Waals surface area contributed by atoms with Gasteiger partial charge < -0.3 is 10.2 Å². The van der Waals surface area contributed by atoms with E-state index in [0.717, 1.165) is 23.4 Å². The summed E-state index contributed by atoms with van der Waals surface area (Å²) >= 11 is 1.66. The van der Waals surface area contributed by atoms with Gasteiger partial charge in [0, 0.05) is 24.7 Å². The number of thioether (sulfide) groups is 1. The molecule has 1 aliphatic rings. The number of pyridine rings is 1. The first kappa shape index (κ1) is 18.9. The first-order chi connectivity index (χ1) is 12.7. The van der Waals surface area contributed by atoms with Crippen LogP contribution in [0.3, 0.4) is 0 Å². The summed E-state index contributed by atoms with van der Waals surface area (Å²) in [5.74, 6) is 1.09. The fourth-order valence-corrected chi connectivity index (χ4v) is 3.94. The second-order valence-electron chi connectivity index (χ2n) is 6.43. The number of carbonyl (C=O) groups is 1. The Labute approximate surface area is 158 Å². The minimum atomic E-state index is -0.301. The molecule has 1 aliphatic heterocycles. The van der Waals surface area contributed by atoms with E-state index in [9.17, 15) is 9.18 Å². The molecule has 1 atom stereocenters. The highest BCUT2D eigenvalue weighted by Crippen LogP contribution is 2.22. The van der Waals surface area contributed by atoms with E-state index in [-0.39, 0.29) is 17.8 Å². The topological polar surface area (TPSA) is 45.2 Å². The van der Waals surface area contributed by atoms with Crippen molar-refractivity contribution in [2.45, 2.75) is 18.9 Å². The molecule has 26 heavy (non-hydrogen) atoms. The zero-order chi connectivity index (χ0) is 18.2. The lowest BCUT2D eigenvalue weighted by Crippen LogP contribution is -2.31. The Balaban J connectivity index is 1.56. The van der Waals surface area contributed by atoms with Crippen LogP contribution >= 0.6 is 11.8 Å². The molecule has 0 bridgehead atoms. The number of halogens is 1. The monoisotopic (exact) mass is 373 g/mol. The van der Waals surface area contributed by atoms with Crippen LogP contribution < -0.4 is 5.32 Å². The Bertz CT molecular complexity index is 690. The molecule has 2 heterocycles. The van der Waals surface area contributed by atoms with E-state index in [0.29, 0.717) is 5.75 Å². The van der Waals surface area contributed by atoms with Crippen LogP contribution in [-0.2, 0) is 4.79 Å². The zero-order valence-electron chi connectivity index (χ0n) is 14.7. The lowest BCUT2D eigenvalue weighted by Gasteiger charge is -2.20. The number of nitrogens with zero attached hydrogens (tertiary/aromatic N) is 2. The first-order valence-corrected chi connectivity index (χ1v) is 10.1. The van der Waals surface area contributed by atoms with Crippen molar-refractivity contribution in [2.75, 3.05) is 31.1 Å². The number of amides is 1. The summed E-state index contributed by atoms with van der Waals surface area (Å²) in [5, 5.41) is 3.07. The van der Waals surface area contributed by atoms with Crippen LogP contribution in [0, 0.1) is 5.82 Å². The number of hydrogen-bond acceptors (Lipinski definition) is 4. The zero-order valence-corrected chi connectivity index (χ0v) is 15.6. The van der Waals surface area contributed by atoms with Crippen LogP contribution in [0.1, 0.15) is 30.0 Å². The number of hydrogen-bond donors (Lipinski definition) is 1. The van der Waals surface area contributed by atoms with Crippen molar-refractivity contribution in [3.8, 4) is 0 Å². The SMILES string of the molecule is O=C(CSCCN1CCCC1)N[C@H](c1ccncc1)c1ccc(F)cc1. The third-order valence-corrected chi connectivity index (χ3v) is 5.47. The molecular formula is C20H24FN3OS. The van der Waals surface area contributed by atoms with E-state index in [2.05, 4.69) is 15.2 Å². The van der Waals surface area contributed by atoms with Gasteiger partial charge in [-0.05, 0) is 61.3 Å². The molecule has 1 amide bonds. The Hall–Kier alpha value is -1.92. The van der Waals surface area contributed by atoms with Crippen LogP contribution in [-0.4, -0.2) is 46.9 Å². The van der Waals surface area contributed by atoms with E-state index in [1.165, 1.54) is 38.1 Å². The average molecular weight is 373 g/mol. The maximum absolute atomic E-state index is 13.2. The van der Waals surface area contributed by atoms with Gasteiger partial charge in [0.15, 0.2) is 0 Å². The van der Waals surface area contributed by atoms with E-state index in [4.69, 9.17) is 0 Å². The van der Waals surface area contributed by atoms with Crippen molar-refractivity contribution in [2.24, 2.45) is 0 Å². The maximum Gasteiger partial charge on any atom is 0.230 e. The van der Waals surface area contributed by atoms with Gasteiger partial charge in [-0.1, -0.05) is 12.1 Å². The molecule has 1 aromatic heterocycles. The predicted molar refractivity (Wildman–Crippen MR) is 104 cm³/mol. The van der Waals surface area contributed by atoms with Crippen molar-refractivity contribution in [3.05, 3.63) is 65.7 Å². The third kappa shape index (κ3) is 5.54. The van der Waals surface area contributed by atoms with E-state index in [1.54, 1.807) is 36.3 Å². The smallest absolute Gasteiger partial charge is 0.230 e. The minimum Gasteiger partial charge on any atom is -0.344 e. The van der Waals surface area contributed by atoms with Gasteiger partial charge in [0.1, 0.15) is 5.82 Å². The van der Waals surface area contributed by atoms with Gasteiger partial charge >= 0.3 is 0 Å². The molecule has 0 radical (unpaired) electrons. The largest absolute Gasteiger partial charge is 0.344 e. The van der Waals surface area contributed by atoms with Crippen LogP contribution in [0.2, 0.25) is 0 Å². The Morgan fingerprint density at radius 2 is 1.77 bits per heavy atom. The number of aromatic nitrogens is 1. The summed E-state index contributed by atoms with van der Waals surface area (Å²) in [4.78, 5) is 18.9. The molecule has 0 aliphatic carbocycles. The molecule has 138 valence electrons. The summed E-state index contributed by atoms with van der Waals surface area (Å²) in [6.07, 6.45) is 5.97. The number of carbonyl (C=O) groups excluding carboxylic acids is 1. The lowest BCUT2D eigenvalue weighted by molar-refractivity contribution is -0.119. The molecule has 6 heteroatoms. The highest BCUT2D eigenvalue weighted by molar-refractivity contribution is 7.99. The van der Waals surface area contributed by atoms with Crippen molar-refractivity contribution in [3.63, 3.8) is 0 Å². The van der Waals surface area contributed by atoms with Crippen LogP contribution in [0.25, 0.3) is 0 Å². The molecular weight excluding hydrogens is 349 g/mol. The summed E-state index contributed by atoms with van der Waals surface area (Å²) in [6, 6.07) is 9.69. The second-order valence-corrected chi connectivity index (χ2v) is 7.54. The van der Waals surface area contributed by atoms with Crippen LogP contribution in [0.4, 0.5) is 4.39 Å². The van der Waals surface area contributed by atoms with Gasteiger partial charge in [-0.15, -0.1) is 0 Å². The van der Waals surface area contributed by atoms with Gasteiger partial charge in [0.25, 0.3) is 0 Å². The van der Waals surface area contributed by atoms with Gasteiger partial charge in [-0.3, -0.25) is 9.78 Å².